The lowest BCUT2D eigenvalue weighted by atomic mass is 10.1. The number of hydrogen-bond donors (Lipinski definition) is 1. The molecule has 2 fully saturated rings. The van der Waals surface area contributed by atoms with Gasteiger partial charge in [0.2, 0.25) is 5.71 Å². The normalized spacial score (nSPS) is 17.9. The third-order valence-electron chi connectivity index (χ3n) is 7.25. The molecule has 0 saturated carbocycles. The molecular formula is C27H28N6O3S. The maximum Gasteiger partial charge on any atom is 0.229 e. The molecule has 0 unspecified atom stereocenters. The minimum absolute atomic E-state index is 0.565. The summed E-state index contributed by atoms with van der Waals surface area (Å²) in [7, 11) is -0.694. The molecule has 0 bridgehead atoms. The van der Waals surface area contributed by atoms with Crippen molar-refractivity contribution < 1.29 is 13.4 Å². The Kier molecular flexibility index (Phi) is 5.67. The number of morpholine rings is 1. The Balaban J connectivity index is 1.39. The highest BCUT2D eigenvalue weighted by Gasteiger charge is 2.24. The van der Waals surface area contributed by atoms with Crippen LogP contribution < -0.4 is 4.90 Å². The predicted octanol–water partition coefficient (Wildman–Crippen LogP) is 3.63. The quantitative estimate of drug-likeness (QED) is 0.387. The maximum atomic E-state index is 11.8. The van der Waals surface area contributed by atoms with Crippen LogP contribution in [0.1, 0.15) is 11.1 Å². The summed E-state index contributed by atoms with van der Waals surface area (Å²) in [4.78, 5) is 22.7. The van der Waals surface area contributed by atoms with Crippen LogP contribution in [0.5, 0.6) is 0 Å². The van der Waals surface area contributed by atoms with E-state index in [1.807, 2.05) is 12.4 Å². The van der Waals surface area contributed by atoms with Crippen LogP contribution >= 0.6 is 0 Å². The Labute approximate surface area is 216 Å². The standard InChI is InChI=1S/C27H28N6O3S/c1-17-12-20(19-2-3-28-22(19)13-17)25-30-23-21-14-18(16-32-6-10-37(34)11-7-32)15-29-27(21)36-24(23)26(31-25)33-4-8-35-9-5-33/h2-3,12-15,28H,4-11,16H2,1H3. The van der Waals surface area contributed by atoms with Gasteiger partial charge in [0.15, 0.2) is 17.2 Å². The molecule has 0 aliphatic carbocycles. The number of hydrogen-bond acceptors (Lipinski definition) is 8. The molecule has 190 valence electrons. The second-order valence-electron chi connectivity index (χ2n) is 9.82. The van der Waals surface area contributed by atoms with Gasteiger partial charge in [0, 0.05) is 83.9 Å². The van der Waals surface area contributed by atoms with Gasteiger partial charge in [-0.1, -0.05) is 0 Å². The smallest absolute Gasteiger partial charge is 0.229 e. The lowest BCUT2D eigenvalue weighted by Gasteiger charge is -2.27. The van der Waals surface area contributed by atoms with E-state index >= 15 is 0 Å². The third kappa shape index (κ3) is 4.18. The zero-order valence-electron chi connectivity index (χ0n) is 20.7. The number of rotatable bonds is 4. The van der Waals surface area contributed by atoms with Gasteiger partial charge in [0.25, 0.3) is 0 Å². The summed E-state index contributed by atoms with van der Waals surface area (Å²) in [6, 6.07) is 8.50. The van der Waals surface area contributed by atoms with E-state index in [4.69, 9.17) is 19.1 Å². The molecule has 0 radical (unpaired) electrons. The van der Waals surface area contributed by atoms with Gasteiger partial charge in [-0.2, -0.15) is 0 Å². The summed E-state index contributed by atoms with van der Waals surface area (Å²) in [6.07, 6.45) is 3.83. The molecule has 2 aliphatic heterocycles. The van der Waals surface area contributed by atoms with Crippen molar-refractivity contribution in [3.05, 3.63) is 47.8 Å². The molecule has 4 aromatic heterocycles. The first-order chi connectivity index (χ1) is 18.1. The van der Waals surface area contributed by atoms with Crippen LogP contribution in [0, 0.1) is 6.92 Å². The van der Waals surface area contributed by atoms with E-state index < -0.39 is 10.8 Å². The van der Waals surface area contributed by atoms with Crippen LogP contribution in [0.3, 0.4) is 0 Å². The first-order valence-corrected chi connectivity index (χ1v) is 14.2. The summed E-state index contributed by atoms with van der Waals surface area (Å²) >= 11 is 0. The van der Waals surface area contributed by atoms with Gasteiger partial charge in [-0.05, 0) is 42.3 Å². The van der Waals surface area contributed by atoms with Crippen molar-refractivity contribution in [3.8, 4) is 11.4 Å². The second-order valence-corrected chi connectivity index (χ2v) is 11.5. The third-order valence-corrected chi connectivity index (χ3v) is 8.53. The highest BCUT2D eigenvalue weighted by atomic mass is 32.2. The molecule has 7 rings (SSSR count). The molecule has 0 spiro atoms. The predicted molar refractivity (Wildman–Crippen MR) is 145 cm³/mol. The number of nitrogens with one attached hydrogen (secondary N) is 1. The van der Waals surface area contributed by atoms with Gasteiger partial charge in [-0.3, -0.25) is 9.11 Å². The highest BCUT2D eigenvalue weighted by molar-refractivity contribution is 7.85. The lowest BCUT2D eigenvalue weighted by molar-refractivity contribution is 0.122. The lowest BCUT2D eigenvalue weighted by Crippen LogP contribution is -2.37. The molecular weight excluding hydrogens is 488 g/mol. The number of anilines is 1. The molecule has 0 amide bonds. The van der Waals surface area contributed by atoms with Crippen molar-refractivity contribution in [1.82, 2.24) is 24.8 Å². The van der Waals surface area contributed by atoms with E-state index in [2.05, 4.69) is 51.0 Å². The molecule has 2 saturated heterocycles. The van der Waals surface area contributed by atoms with Crippen molar-refractivity contribution in [2.45, 2.75) is 13.5 Å². The highest BCUT2D eigenvalue weighted by Crippen LogP contribution is 2.36. The van der Waals surface area contributed by atoms with Crippen molar-refractivity contribution in [3.63, 3.8) is 0 Å². The fraction of sp³-hybridized carbons (Fsp3) is 0.370. The Hall–Kier alpha value is -3.34. The molecule has 2 aliphatic rings. The fourth-order valence-electron chi connectivity index (χ4n) is 5.34. The molecule has 0 atom stereocenters. The van der Waals surface area contributed by atoms with Crippen LogP contribution in [0.4, 0.5) is 5.82 Å². The summed E-state index contributed by atoms with van der Waals surface area (Å²) < 4.78 is 23.7. The number of aromatic nitrogens is 4. The van der Waals surface area contributed by atoms with Crippen LogP contribution in [-0.4, -0.2) is 79.9 Å². The van der Waals surface area contributed by atoms with Gasteiger partial charge in [0.1, 0.15) is 5.52 Å². The van der Waals surface area contributed by atoms with Gasteiger partial charge in [-0.15, -0.1) is 0 Å². The number of aryl methyl sites for hydroxylation is 1. The number of ether oxygens (including phenoxy) is 1. The van der Waals surface area contributed by atoms with Crippen molar-refractivity contribution in [1.29, 1.82) is 0 Å². The number of H-pyrrole nitrogens is 1. The van der Waals surface area contributed by atoms with E-state index in [0.29, 0.717) is 30.3 Å². The number of benzene rings is 1. The van der Waals surface area contributed by atoms with Crippen LogP contribution in [-0.2, 0) is 22.1 Å². The molecule has 5 aromatic rings. The molecule has 10 heteroatoms. The van der Waals surface area contributed by atoms with Crippen molar-refractivity contribution in [2.75, 3.05) is 55.8 Å². The van der Waals surface area contributed by atoms with Crippen molar-refractivity contribution >= 4 is 49.7 Å². The van der Waals surface area contributed by atoms with Crippen LogP contribution in [0.2, 0.25) is 0 Å². The van der Waals surface area contributed by atoms with E-state index in [-0.39, 0.29) is 0 Å². The molecule has 9 nitrogen and oxygen atoms in total. The monoisotopic (exact) mass is 516 g/mol. The van der Waals surface area contributed by atoms with Crippen LogP contribution in [0.15, 0.2) is 41.1 Å². The average Bonchev–Trinajstić information content (AvgIpc) is 3.54. The number of nitrogens with zero attached hydrogens (tertiary/aromatic N) is 5. The van der Waals surface area contributed by atoms with Gasteiger partial charge < -0.3 is 19.0 Å². The minimum Gasteiger partial charge on any atom is -0.432 e. The number of fused-ring (bicyclic) bond motifs is 4. The molecule has 37 heavy (non-hydrogen) atoms. The van der Waals surface area contributed by atoms with Gasteiger partial charge in [-0.25, -0.2) is 15.0 Å². The zero-order valence-corrected chi connectivity index (χ0v) is 21.5. The van der Waals surface area contributed by atoms with Gasteiger partial charge >= 0.3 is 0 Å². The molecule has 1 N–H and O–H groups in total. The van der Waals surface area contributed by atoms with Crippen LogP contribution in [0.25, 0.3) is 44.5 Å². The fourth-order valence-corrected chi connectivity index (χ4v) is 6.47. The summed E-state index contributed by atoms with van der Waals surface area (Å²) in [5.41, 5.74) is 6.31. The Morgan fingerprint density at radius 3 is 2.73 bits per heavy atom. The topological polar surface area (TPSA) is 100 Å². The number of furan rings is 1. The second kappa shape index (κ2) is 9.20. The summed E-state index contributed by atoms with van der Waals surface area (Å²) in [5.74, 6) is 2.92. The van der Waals surface area contributed by atoms with E-state index in [1.54, 1.807) is 0 Å². The Morgan fingerprint density at radius 2 is 1.89 bits per heavy atom. The molecule has 6 heterocycles. The SMILES string of the molecule is Cc1cc(-c2nc(N3CCOCC3)c3oc4ncc(CN5CCS(=O)CC5)cc4c3n2)c2cc[nH]c2c1. The largest absolute Gasteiger partial charge is 0.432 e. The molecule has 1 aromatic carbocycles. The Bertz CT molecular complexity index is 1640. The maximum absolute atomic E-state index is 11.8. The summed E-state index contributed by atoms with van der Waals surface area (Å²) in [6.45, 7) is 7.31. The van der Waals surface area contributed by atoms with E-state index in [0.717, 1.165) is 88.5 Å². The van der Waals surface area contributed by atoms with E-state index in [9.17, 15) is 4.21 Å². The average molecular weight is 517 g/mol. The Morgan fingerprint density at radius 1 is 1.05 bits per heavy atom. The first kappa shape index (κ1) is 22.8. The van der Waals surface area contributed by atoms with E-state index in [1.165, 1.54) is 0 Å². The minimum atomic E-state index is -0.694. The van der Waals surface area contributed by atoms with Crippen molar-refractivity contribution in [2.24, 2.45) is 0 Å². The number of aromatic amines is 1. The number of pyridine rings is 1. The first-order valence-electron chi connectivity index (χ1n) is 12.7. The zero-order chi connectivity index (χ0) is 24.9. The van der Waals surface area contributed by atoms with Gasteiger partial charge in [0.05, 0.1) is 18.6 Å². The summed E-state index contributed by atoms with van der Waals surface area (Å²) in [5, 5.41) is 1.98.